The molecule has 1 amide bonds. The first-order valence-corrected chi connectivity index (χ1v) is 8.46. The summed E-state index contributed by atoms with van der Waals surface area (Å²) in [7, 11) is 0. The van der Waals surface area contributed by atoms with E-state index >= 15 is 0 Å². The van der Waals surface area contributed by atoms with Gasteiger partial charge in [0.2, 0.25) is 5.91 Å². The number of anilines is 1. The molecule has 0 unspecified atom stereocenters. The molecule has 24 heavy (non-hydrogen) atoms. The van der Waals surface area contributed by atoms with Crippen LogP contribution < -0.4 is 15.8 Å². The van der Waals surface area contributed by atoms with E-state index in [1.807, 2.05) is 54.6 Å². The highest BCUT2D eigenvalue weighted by atomic mass is 16.5. The van der Waals surface area contributed by atoms with Crippen molar-refractivity contribution in [2.24, 2.45) is 11.1 Å². The van der Waals surface area contributed by atoms with E-state index in [9.17, 15) is 4.79 Å². The Kier molecular flexibility index (Phi) is 5.16. The second kappa shape index (κ2) is 7.49. The first kappa shape index (κ1) is 16.5. The maximum absolute atomic E-state index is 12.2. The van der Waals surface area contributed by atoms with Gasteiger partial charge in [-0.1, -0.05) is 36.8 Å². The first-order chi connectivity index (χ1) is 11.7. The molecule has 1 aliphatic rings. The van der Waals surface area contributed by atoms with Crippen LogP contribution in [-0.2, 0) is 11.4 Å². The van der Waals surface area contributed by atoms with Crippen molar-refractivity contribution in [1.29, 1.82) is 0 Å². The number of amides is 1. The van der Waals surface area contributed by atoms with Crippen LogP contribution in [0.25, 0.3) is 0 Å². The van der Waals surface area contributed by atoms with E-state index < -0.39 is 0 Å². The van der Waals surface area contributed by atoms with Crippen LogP contribution >= 0.6 is 0 Å². The van der Waals surface area contributed by atoms with Crippen molar-refractivity contribution < 1.29 is 9.53 Å². The molecule has 3 N–H and O–H groups in total. The molecule has 0 aliphatic heterocycles. The Morgan fingerprint density at radius 3 is 2.38 bits per heavy atom. The quantitative estimate of drug-likeness (QED) is 0.816. The van der Waals surface area contributed by atoms with Gasteiger partial charge in [0.05, 0.1) is 0 Å². The van der Waals surface area contributed by atoms with Crippen molar-refractivity contribution in [1.82, 2.24) is 0 Å². The molecule has 2 aromatic rings. The zero-order valence-corrected chi connectivity index (χ0v) is 13.8. The lowest BCUT2D eigenvalue weighted by Gasteiger charge is -2.40. The van der Waals surface area contributed by atoms with Crippen molar-refractivity contribution in [3.05, 3.63) is 60.2 Å². The lowest BCUT2D eigenvalue weighted by atomic mass is 9.66. The molecule has 1 saturated carbocycles. The van der Waals surface area contributed by atoms with Gasteiger partial charge < -0.3 is 15.8 Å². The van der Waals surface area contributed by atoms with E-state index in [1.165, 1.54) is 6.42 Å². The van der Waals surface area contributed by atoms with Crippen LogP contribution in [0.2, 0.25) is 0 Å². The van der Waals surface area contributed by atoms with E-state index in [4.69, 9.17) is 10.5 Å². The van der Waals surface area contributed by atoms with Crippen LogP contribution in [0.1, 0.15) is 31.2 Å². The van der Waals surface area contributed by atoms with Gasteiger partial charge in [-0.15, -0.1) is 0 Å². The highest BCUT2D eigenvalue weighted by Crippen LogP contribution is 2.43. The second-order valence-corrected chi connectivity index (χ2v) is 6.58. The number of carbonyl (C=O) groups excluding carboxylic acids is 1. The Hall–Kier alpha value is -2.33. The molecule has 4 nitrogen and oxygen atoms in total. The number of nitrogens with two attached hydrogens (primary N) is 1. The van der Waals surface area contributed by atoms with Crippen molar-refractivity contribution in [2.45, 2.75) is 32.3 Å². The summed E-state index contributed by atoms with van der Waals surface area (Å²) in [5.41, 5.74) is 7.76. The molecule has 0 saturated heterocycles. The maximum atomic E-state index is 12.2. The van der Waals surface area contributed by atoms with Crippen molar-refractivity contribution >= 4 is 11.6 Å². The fourth-order valence-corrected chi connectivity index (χ4v) is 3.05. The molecule has 2 aromatic carbocycles. The number of carbonyl (C=O) groups is 1. The first-order valence-electron chi connectivity index (χ1n) is 8.46. The predicted octanol–water partition coefficient (Wildman–Crippen LogP) is 3.72. The van der Waals surface area contributed by atoms with E-state index in [0.29, 0.717) is 19.6 Å². The average molecular weight is 324 g/mol. The standard InChI is InChI=1S/C20H24N2O2/c21-15-20(11-4-12-20)13-19(23)22-17-7-9-18(10-8-17)24-14-16-5-2-1-3-6-16/h1-3,5-10H,4,11-15,21H2,(H,22,23). The van der Waals surface area contributed by atoms with Gasteiger partial charge in [0.25, 0.3) is 0 Å². The Morgan fingerprint density at radius 1 is 1.08 bits per heavy atom. The largest absolute Gasteiger partial charge is 0.489 e. The van der Waals surface area contributed by atoms with Gasteiger partial charge in [-0.3, -0.25) is 4.79 Å². The predicted molar refractivity (Wildman–Crippen MR) is 95.8 cm³/mol. The summed E-state index contributed by atoms with van der Waals surface area (Å²) < 4.78 is 5.75. The number of hydrogen-bond acceptors (Lipinski definition) is 3. The lowest BCUT2D eigenvalue weighted by Crippen LogP contribution is -2.40. The van der Waals surface area contributed by atoms with Gasteiger partial charge in [-0.2, -0.15) is 0 Å². The van der Waals surface area contributed by atoms with Crippen LogP contribution in [0.4, 0.5) is 5.69 Å². The smallest absolute Gasteiger partial charge is 0.224 e. The summed E-state index contributed by atoms with van der Waals surface area (Å²) in [6.45, 7) is 1.12. The Labute approximate surface area is 143 Å². The minimum Gasteiger partial charge on any atom is -0.489 e. The van der Waals surface area contributed by atoms with Crippen LogP contribution in [-0.4, -0.2) is 12.5 Å². The van der Waals surface area contributed by atoms with E-state index in [1.54, 1.807) is 0 Å². The minimum absolute atomic E-state index is 0.0306. The maximum Gasteiger partial charge on any atom is 0.224 e. The summed E-state index contributed by atoms with van der Waals surface area (Å²) >= 11 is 0. The number of ether oxygens (including phenoxy) is 1. The van der Waals surface area contributed by atoms with E-state index in [0.717, 1.165) is 29.8 Å². The molecular weight excluding hydrogens is 300 g/mol. The highest BCUT2D eigenvalue weighted by molar-refractivity contribution is 5.91. The molecule has 0 heterocycles. The van der Waals surface area contributed by atoms with Crippen LogP contribution in [0, 0.1) is 5.41 Å². The van der Waals surface area contributed by atoms with Crippen molar-refractivity contribution in [3.8, 4) is 5.75 Å². The molecule has 0 atom stereocenters. The third-order valence-electron chi connectivity index (χ3n) is 4.77. The zero-order valence-electron chi connectivity index (χ0n) is 13.8. The topological polar surface area (TPSA) is 64.4 Å². The van der Waals surface area contributed by atoms with E-state index in [2.05, 4.69) is 5.32 Å². The lowest BCUT2D eigenvalue weighted by molar-refractivity contribution is -0.119. The fraction of sp³-hybridized carbons (Fsp3) is 0.350. The van der Waals surface area contributed by atoms with Gasteiger partial charge in [0.1, 0.15) is 12.4 Å². The van der Waals surface area contributed by atoms with Gasteiger partial charge in [-0.25, -0.2) is 0 Å². The summed E-state index contributed by atoms with van der Waals surface area (Å²) in [6.07, 6.45) is 3.81. The SMILES string of the molecule is NCC1(CC(=O)Nc2ccc(OCc3ccccc3)cc2)CCC1. The number of hydrogen-bond donors (Lipinski definition) is 2. The Bertz CT molecular complexity index is 658. The van der Waals surface area contributed by atoms with Crippen LogP contribution in [0.5, 0.6) is 5.75 Å². The van der Waals surface area contributed by atoms with Crippen LogP contribution in [0.15, 0.2) is 54.6 Å². The Morgan fingerprint density at radius 2 is 1.79 bits per heavy atom. The molecule has 1 aliphatic carbocycles. The average Bonchev–Trinajstić information content (AvgIpc) is 2.58. The zero-order chi connectivity index (χ0) is 16.8. The summed E-state index contributed by atoms with van der Waals surface area (Å²) in [5.74, 6) is 0.826. The summed E-state index contributed by atoms with van der Waals surface area (Å²) in [5, 5.41) is 2.95. The second-order valence-electron chi connectivity index (χ2n) is 6.58. The summed E-state index contributed by atoms with van der Waals surface area (Å²) in [4.78, 5) is 12.2. The monoisotopic (exact) mass is 324 g/mol. The van der Waals surface area contributed by atoms with Gasteiger partial charge in [-0.05, 0) is 54.6 Å². The van der Waals surface area contributed by atoms with Gasteiger partial charge in [0, 0.05) is 12.1 Å². The van der Waals surface area contributed by atoms with Crippen molar-refractivity contribution in [3.63, 3.8) is 0 Å². The molecule has 0 bridgehead atoms. The molecule has 0 radical (unpaired) electrons. The third kappa shape index (κ3) is 4.15. The normalized spacial score (nSPS) is 15.4. The fourth-order valence-electron chi connectivity index (χ4n) is 3.05. The molecule has 1 fully saturated rings. The molecule has 0 spiro atoms. The third-order valence-corrected chi connectivity index (χ3v) is 4.77. The molecule has 126 valence electrons. The van der Waals surface area contributed by atoms with Gasteiger partial charge in [0.15, 0.2) is 0 Å². The molecule has 0 aromatic heterocycles. The Balaban J connectivity index is 1.50. The number of benzene rings is 2. The molecule has 3 rings (SSSR count). The van der Waals surface area contributed by atoms with E-state index in [-0.39, 0.29) is 11.3 Å². The number of nitrogens with one attached hydrogen (secondary N) is 1. The minimum atomic E-state index is 0.0306. The van der Waals surface area contributed by atoms with Crippen molar-refractivity contribution in [2.75, 3.05) is 11.9 Å². The molecular formula is C20H24N2O2. The summed E-state index contributed by atoms with van der Waals surface area (Å²) in [6, 6.07) is 17.5. The number of rotatable bonds is 7. The van der Waals surface area contributed by atoms with Gasteiger partial charge >= 0.3 is 0 Å². The van der Waals surface area contributed by atoms with Crippen LogP contribution in [0.3, 0.4) is 0 Å². The molecule has 4 heteroatoms. The highest BCUT2D eigenvalue weighted by Gasteiger charge is 2.37.